The van der Waals surface area contributed by atoms with Gasteiger partial charge in [-0.2, -0.15) is 0 Å². The highest BCUT2D eigenvalue weighted by Crippen LogP contribution is 2.20. The van der Waals surface area contributed by atoms with Crippen molar-refractivity contribution in [3.8, 4) is 0 Å². The van der Waals surface area contributed by atoms with Gasteiger partial charge in [0.05, 0.1) is 7.11 Å². The summed E-state index contributed by atoms with van der Waals surface area (Å²) in [6, 6.07) is 7.94. The Labute approximate surface area is 116 Å². The average molecular weight is 263 g/mol. The number of benzene rings is 1. The van der Waals surface area contributed by atoms with Crippen molar-refractivity contribution in [2.45, 2.75) is 45.6 Å². The molecule has 19 heavy (non-hydrogen) atoms. The summed E-state index contributed by atoms with van der Waals surface area (Å²) in [5.74, 6) is 0.156. The van der Waals surface area contributed by atoms with E-state index < -0.39 is 6.04 Å². The second kappa shape index (κ2) is 7.95. The second-order valence-electron chi connectivity index (χ2n) is 5.10. The summed E-state index contributed by atoms with van der Waals surface area (Å²) in [7, 11) is 1.39. The molecule has 0 aliphatic rings. The number of hydrogen-bond acceptors (Lipinski definition) is 3. The van der Waals surface area contributed by atoms with Gasteiger partial charge in [0.2, 0.25) is 0 Å². The summed E-state index contributed by atoms with van der Waals surface area (Å²) in [5.41, 5.74) is 8.54. The molecular weight excluding hydrogens is 238 g/mol. The highest BCUT2D eigenvalue weighted by atomic mass is 16.5. The Morgan fingerprint density at radius 1 is 1.37 bits per heavy atom. The molecule has 0 spiro atoms. The standard InChI is InChI=1S/C16H25NO2/c1-4-13(11-15(17)16(18)19-3)9-10-14-8-6-5-7-12(14)2/h5-8,13,15H,4,9-11,17H2,1-3H3. The normalized spacial score (nSPS) is 13.9. The Balaban J connectivity index is 2.49. The summed E-state index contributed by atoms with van der Waals surface area (Å²) >= 11 is 0. The largest absolute Gasteiger partial charge is 0.468 e. The predicted molar refractivity (Wildman–Crippen MR) is 77.9 cm³/mol. The molecule has 3 heteroatoms. The lowest BCUT2D eigenvalue weighted by atomic mass is 9.90. The van der Waals surface area contributed by atoms with Crippen LogP contribution in [-0.4, -0.2) is 19.1 Å². The number of carbonyl (C=O) groups excluding carboxylic acids is 1. The predicted octanol–water partition coefficient (Wildman–Crippen LogP) is 2.84. The lowest BCUT2D eigenvalue weighted by Crippen LogP contribution is -2.33. The first-order chi connectivity index (χ1) is 9.08. The van der Waals surface area contributed by atoms with Crippen molar-refractivity contribution in [2.24, 2.45) is 11.7 Å². The van der Waals surface area contributed by atoms with Gasteiger partial charge in [-0.25, -0.2) is 0 Å². The van der Waals surface area contributed by atoms with Gasteiger partial charge in [-0.3, -0.25) is 4.79 Å². The molecule has 0 radical (unpaired) electrons. The van der Waals surface area contributed by atoms with E-state index in [-0.39, 0.29) is 5.97 Å². The van der Waals surface area contributed by atoms with Gasteiger partial charge in [0.25, 0.3) is 0 Å². The van der Waals surface area contributed by atoms with E-state index in [1.54, 1.807) is 0 Å². The van der Waals surface area contributed by atoms with Gasteiger partial charge in [0.1, 0.15) is 6.04 Å². The van der Waals surface area contributed by atoms with Crippen LogP contribution in [0.1, 0.15) is 37.3 Å². The number of nitrogens with two attached hydrogens (primary N) is 1. The minimum Gasteiger partial charge on any atom is -0.468 e. The third-order valence-electron chi connectivity index (χ3n) is 3.75. The Kier molecular flexibility index (Phi) is 6.57. The third kappa shape index (κ3) is 5.03. The number of carbonyl (C=O) groups is 1. The zero-order valence-electron chi connectivity index (χ0n) is 12.2. The molecule has 0 aromatic heterocycles. The van der Waals surface area contributed by atoms with Crippen molar-refractivity contribution in [1.82, 2.24) is 0 Å². The quantitative estimate of drug-likeness (QED) is 0.770. The molecule has 0 heterocycles. The first-order valence-electron chi connectivity index (χ1n) is 6.96. The number of rotatable bonds is 7. The topological polar surface area (TPSA) is 52.3 Å². The zero-order valence-corrected chi connectivity index (χ0v) is 12.2. The molecule has 1 aromatic rings. The minimum atomic E-state index is -0.494. The summed E-state index contributed by atoms with van der Waals surface area (Å²) in [5, 5.41) is 0. The molecule has 3 nitrogen and oxygen atoms in total. The number of esters is 1. The molecule has 2 atom stereocenters. The summed E-state index contributed by atoms with van der Waals surface area (Å²) in [4.78, 5) is 11.3. The molecule has 1 rings (SSSR count). The van der Waals surface area contributed by atoms with Gasteiger partial charge in [-0.1, -0.05) is 37.6 Å². The van der Waals surface area contributed by atoms with Crippen LogP contribution in [0.15, 0.2) is 24.3 Å². The summed E-state index contributed by atoms with van der Waals surface area (Å²) in [6.07, 6.45) is 3.84. The monoisotopic (exact) mass is 263 g/mol. The van der Waals surface area contributed by atoms with Crippen LogP contribution in [0.5, 0.6) is 0 Å². The van der Waals surface area contributed by atoms with E-state index in [4.69, 9.17) is 5.73 Å². The van der Waals surface area contributed by atoms with E-state index in [1.165, 1.54) is 18.2 Å². The summed E-state index contributed by atoms with van der Waals surface area (Å²) < 4.78 is 4.68. The SMILES string of the molecule is CCC(CCc1ccccc1C)CC(N)C(=O)OC. The van der Waals surface area contributed by atoms with Gasteiger partial charge in [0, 0.05) is 0 Å². The van der Waals surface area contributed by atoms with Crippen LogP contribution >= 0.6 is 0 Å². The highest BCUT2D eigenvalue weighted by Gasteiger charge is 2.18. The third-order valence-corrected chi connectivity index (χ3v) is 3.75. The van der Waals surface area contributed by atoms with E-state index in [9.17, 15) is 4.79 Å². The fraction of sp³-hybridized carbons (Fsp3) is 0.562. The molecule has 1 aromatic carbocycles. The molecule has 2 unspecified atom stereocenters. The fourth-order valence-electron chi connectivity index (χ4n) is 2.35. The molecule has 0 saturated heterocycles. The Bertz CT molecular complexity index is 403. The van der Waals surface area contributed by atoms with Crippen molar-refractivity contribution in [3.05, 3.63) is 35.4 Å². The van der Waals surface area contributed by atoms with Gasteiger partial charge in [-0.15, -0.1) is 0 Å². The molecule has 0 amide bonds. The average Bonchev–Trinajstić information content (AvgIpc) is 2.43. The van der Waals surface area contributed by atoms with E-state index in [2.05, 4.69) is 42.8 Å². The van der Waals surface area contributed by atoms with Crippen LogP contribution in [0, 0.1) is 12.8 Å². The van der Waals surface area contributed by atoms with Crippen LogP contribution in [-0.2, 0) is 16.0 Å². The summed E-state index contributed by atoms with van der Waals surface area (Å²) in [6.45, 7) is 4.28. The Morgan fingerprint density at radius 3 is 2.63 bits per heavy atom. The van der Waals surface area contributed by atoms with Gasteiger partial charge < -0.3 is 10.5 Å². The minimum absolute atomic E-state index is 0.311. The molecule has 0 fully saturated rings. The number of methoxy groups -OCH3 is 1. The Morgan fingerprint density at radius 2 is 2.05 bits per heavy atom. The second-order valence-corrected chi connectivity index (χ2v) is 5.10. The van der Waals surface area contributed by atoms with Crippen molar-refractivity contribution in [2.75, 3.05) is 7.11 Å². The van der Waals surface area contributed by atoms with E-state index in [0.29, 0.717) is 12.3 Å². The number of hydrogen-bond donors (Lipinski definition) is 1. The van der Waals surface area contributed by atoms with Crippen LogP contribution in [0.3, 0.4) is 0 Å². The maximum Gasteiger partial charge on any atom is 0.322 e. The van der Waals surface area contributed by atoms with Crippen molar-refractivity contribution < 1.29 is 9.53 Å². The van der Waals surface area contributed by atoms with Gasteiger partial charge in [-0.05, 0) is 43.2 Å². The first kappa shape index (κ1) is 15.7. The van der Waals surface area contributed by atoms with Gasteiger partial charge in [0.15, 0.2) is 0 Å². The lowest BCUT2D eigenvalue weighted by Gasteiger charge is -2.18. The van der Waals surface area contributed by atoms with Crippen molar-refractivity contribution in [3.63, 3.8) is 0 Å². The Hall–Kier alpha value is -1.35. The fourth-order valence-corrected chi connectivity index (χ4v) is 2.35. The van der Waals surface area contributed by atoms with Crippen LogP contribution in [0.4, 0.5) is 0 Å². The molecule has 0 saturated carbocycles. The maximum atomic E-state index is 11.3. The molecular formula is C16H25NO2. The zero-order chi connectivity index (χ0) is 14.3. The van der Waals surface area contributed by atoms with E-state index in [1.807, 2.05) is 0 Å². The van der Waals surface area contributed by atoms with Gasteiger partial charge >= 0.3 is 5.97 Å². The van der Waals surface area contributed by atoms with E-state index >= 15 is 0 Å². The first-order valence-corrected chi connectivity index (χ1v) is 6.96. The molecule has 2 N–H and O–H groups in total. The van der Waals surface area contributed by atoms with Crippen molar-refractivity contribution >= 4 is 5.97 Å². The van der Waals surface area contributed by atoms with Crippen molar-refractivity contribution in [1.29, 1.82) is 0 Å². The lowest BCUT2D eigenvalue weighted by molar-refractivity contribution is -0.142. The number of aryl methyl sites for hydroxylation is 2. The molecule has 0 aliphatic carbocycles. The molecule has 106 valence electrons. The highest BCUT2D eigenvalue weighted by molar-refractivity contribution is 5.75. The number of ether oxygens (including phenoxy) is 1. The maximum absolute atomic E-state index is 11.3. The van der Waals surface area contributed by atoms with Crippen LogP contribution < -0.4 is 5.73 Å². The smallest absolute Gasteiger partial charge is 0.322 e. The van der Waals surface area contributed by atoms with Crippen LogP contribution in [0.25, 0.3) is 0 Å². The van der Waals surface area contributed by atoms with E-state index in [0.717, 1.165) is 19.3 Å². The molecule has 0 bridgehead atoms. The molecule has 0 aliphatic heterocycles. The van der Waals surface area contributed by atoms with Crippen LogP contribution in [0.2, 0.25) is 0 Å².